The van der Waals surface area contributed by atoms with Crippen molar-refractivity contribution in [3.8, 4) is 0 Å². The summed E-state index contributed by atoms with van der Waals surface area (Å²) in [6.45, 7) is 2.06. The van der Waals surface area contributed by atoms with Crippen molar-refractivity contribution in [2.45, 2.75) is 13.0 Å². The zero-order chi connectivity index (χ0) is 17.7. The lowest BCUT2D eigenvalue weighted by Gasteiger charge is -2.25. The third-order valence-electron chi connectivity index (χ3n) is 3.93. The highest BCUT2D eigenvalue weighted by atomic mass is 16.6. The van der Waals surface area contributed by atoms with Gasteiger partial charge in [0.2, 0.25) is 0 Å². The fourth-order valence-corrected chi connectivity index (χ4v) is 2.51. The quantitative estimate of drug-likeness (QED) is 0.654. The van der Waals surface area contributed by atoms with Crippen molar-refractivity contribution in [2.75, 3.05) is 20.6 Å². The summed E-state index contributed by atoms with van der Waals surface area (Å²) >= 11 is 0. The molecule has 126 valence electrons. The van der Waals surface area contributed by atoms with E-state index in [0.717, 1.165) is 5.56 Å². The monoisotopic (exact) mass is 327 g/mol. The van der Waals surface area contributed by atoms with Gasteiger partial charge in [-0.15, -0.1) is 0 Å². The number of hydrogen-bond acceptors (Lipinski definition) is 4. The van der Waals surface area contributed by atoms with Gasteiger partial charge in [-0.2, -0.15) is 0 Å². The van der Waals surface area contributed by atoms with Crippen molar-refractivity contribution in [2.24, 2.45) is 0 Å². The van der Waals surface area contributed by atoms with Gasteiger partial charge in [0.1, 0.15) is 0 Å². The third-order valence-corrected chi connectivity index (χ3v) is 3.93. The number of nitrogens with zero attached hydrogens (tertiary/aromatic N) is 2. The molecule has 0 aliphatic rings. The Bertz CT molecular complexity index is 730. The number of hydrogen-bond donors (Lipinski definition) is 1. The Labute approximate surface area is 141 Å². The van der Waals surface area contributed by atoms with Gasteiger partial charge in [-0.3, -0.25) is 14.9 Å². The van der Waals surface area contributed by atoms with E-state index in [1.807, 2.05) is 49.3 Å². The van der Waals surface area contributed by atoms with Crippen molar-refractivity contribution in [1.29, 1.82) is 0 Å². The normalized spacial score (nSPS) is 12.0. The molecule has 0 aromatic heterocycles. The molecule has 0 aliphatic carbocycles. The smallest absolute Gasteiger partial charge is 0.273 e. The lowest BCUT2D eigenvalue weighted by Crippen LogP contribution is -2.34. The predicted octanol–water partition coefficient (Wildman–Crippen LogP) is 2.94. The van der Waals surface area contributed by atoms with Crippen LogP contribution < -0.4 is 5.32 Å². The van der Waals surface area contributed by atoms with Crippen LogP contribution in [0.5, 0.6) is 0 Å². The average Bonchev–Trinajstić information content (AvgIpc) is 2.55. The van der Waals surface area contributed by atoms with E-state index in [-0.39, 0.29) is 23.2 Å². The lowest BCUT2D eigenvalue weighted by atomic mass is 10.1. The fraction of sp³-hybridized carbons (Fsp3) is 0.278. The first-order chi connectivity index (χ1) is 11.4. The minimum Gasteiger partial charge on any atom is -0.350 e. The Morgan fingerprint density at radius 1 is 1.21 bits per heavy atom. The predicted molar refractivity (Wildman–Crippen MR) is 93.0 cm³/mol. The van der Waals surface area contributed by atoms with E-state index in [9.17, 15) is 14.9 Å². The maximum Gasteiger partial charge on any atom is 0.273 e. The Hall–Kier alpha value is -2.73. The molecule has 2 rings (SSSR count). The lowest BCUT2D eigenvalue weighted by molar-refractivity contribution is -0.385. The Morgan fingerprint density at radius 2 is 1.88 bits per heavy atom. The van der Waals surface area contributed by atoms with Gasteiger partial charge >= 0.3 is 0 Å². The number of nitrogens with one attached hydrogen (secondary N) is 1. The van der Waals surface area contributed by atoms with Crippen molar-refractivity contribution < 1.29 is 9.72 Å². The van der Waals surface area contributed by atoms with Crippen LogP contribution in [0.3, 0.4) is 0 Å². The first-order valence-electron chi connectivity index (χ1n) is 7.64. The molecule has 0 radical (unpaired) electrons. The number of rotatable bonds is 6. The third kappa shape index (κ3) is 4.17. The second kappa shape index (κ2) is 7.70. The summed E-state index contributed by atoms with van der Waals surface area (Å²) in [5.41, 5.74) is 1.87. The first kappa shape index (κ1) is 17.6. The summed E-state index contributed by atoms with van der Waals surface area (Å²) in [4.78, 5) is 24.9. The van der Waals surface area contributed by atoms with E-state index in [0.29, 0.717) is 12.1 Å². The Morgan fingerprint density at radius 3 is 2.46 bits per heavy atom. The number of benzene rings is 2. The molecule has 6 heteroatoms. The van der Waals surface area contributed by atoms with Gasteiger partial charge in [0.15, 0.2) is 0 Å². The number of aryl methyl sites for hydroxylation is 1. The first-order valence-corrected chi connectivity index (χ1v) is 7.64. The van der Waals surface area contributed by atoms with Crippen molar-refractivity contribution >= 4 is 11.6 Å². The highest BCUT2D eigenvalue weighted by molar-refractivity contribution is 5.95. The molecule has 2 aromatic rings. The topological polar surface area (TPSA) is 75.5 Å². The molecule has 0 bridgehead atoms. The van der Waals surface area contributed by atoms with E-state index in [4.69, 9.17) is 0 Å². The largest absolute Gasteiger partial charge is 0.350 e. The minimum absolute atomic E-state index is 0.0237. The Kier molecular flexibility index (Phi) is 5.65. The summed E-state index contributed by atoms with van der Waals surface area (Å²) in [5.74, 6) is -0.319. The van der Waals surface area contributed by atoms with E-state index in [2.05, 4.69) is 5.32 Å². The van der Waals surface area contributed by atoms with E-state index in [1.54, 1.807) is 19.1 Å². The maximum atomic E-state index is 12.3. The van der Waals surface area contributed by atoms with E-state index in [1.165, 1.54) is 6.07 Å². The van der Waals surface area contributed by atoms with Gasteiger partial charge in [0.05, 0.1) is 11.0 Å². The number of carbonyl (C=O) groups excluding carboxylic acids is 1. The van der Waals surface area contributed by atoms with Gasteiger partial charge in [-0.1, -0.05) is 36.4 Å². The number of carbonyl (C=O) groups is 1. The molecule has 24 heavy (non-hydrogen) atoms. The Balaban J connectivity index is 2.12. The molecule has 1 atom stereocenters. The molecule has 0 saturated carbocycles. The number of nitro benzene ring substituents is 1. The van der Waals surface area contributed by atoms with Crippen LogP contribution in [0.15, 0.2) is 48.5 Å². The number of nitro groups is 1. The van der Waals surface area contributed by atoms with Crippen molar-refractivity contribution in [1.82, 2.24) is 10.2 Å². The number of amides is 1. The standard InChI is InChI=1S/C18H21N3O3/c1-13-9-10-15(11-16(13)21(23)24)18(22)19-12-17(20(2)3)14-7-5-4-6-8-14/h4-11,17H,12H2,1-3H3,(H,19,22)/t17-/m0/s1. The molecule has 0 unspecified atom stereocenters. The van der Waals surface area contributed by atoms with Crippen LogP contribution >= 0.6 is 0 Å². The highest BCUT2D eigenvalue weighted by Crippen LogP contribution is 2.20. The molecule has 0 fully saturated rings. The van der Waals surface area contributed by atoms with Crippen LogP contribution in [0.4, 0.5) is 5.69 Å². The van der Waals surface area contributed by atoms with E-state index >= 15 is 0 Å². The second-order valence-electron chi connectivity index (χ2n) is 5.86. The summed E-state index contributed by atoms with van der Waals surface area (Å²) in [6.07, 6.45) is 0. The van der Waals surface area contributed by atoms with Gasteiger partial charge in [-0.25, -0.2) is 0 Å². The zero-order valence-corrected chi connectivity index (χ0v) is 14.0. The van der Waals surface area contributed by atoms with Gasteiger partial charge in [0, 0.05) is 23.7 Å². The SMILES string of the molecule is Cc1ccc(C(=O)NC[C@@H](c2ccccc2)N(C)C)cc1[N+](=O)[O-]. The average molecular weight is 327 g/mol. The van der Waals surface area contributed by atoms with E-state index < -0.39 is 4.92 Å². The summed E-state index contributed by atoms with van der Waals surface area (Å²) in [7, 11) is 3.89. The van der Waals surface area contributed by atoms with Crippen molar-refractivity contribution in [3.05, 3.63) is 75.3 Å². The van der Waals surface area contributed by atoms with Crippen LogP contribution in [-0.2, 0) is 0 Å². The van der Waals surface area contributed by atoms with Gasteiger partial charge in [0.25, 0.3) is 11.6 Å². The molecule has 1 amide bonds. The summed E-state index contributed by atoms with van der Waals surface area (Å²) in [6, 6.07) is 14.4. The minimum atomic E-state index is -0.474. The molecule has 1 N–H and O–H groups in total. The van der Waals surface area contributed by atoms with Gasteiger partial charge < -0.3 is 10.2 Å². The number of likely N-dealkylation sites (N-methyl/N-ethyl adjacent to an activating group) is 1. The molecular weight excluding hydrogens is 306 g/mol. The second-order valence-corrected chi connectivity index (χ2v) is 5.86. The fourth-order valence-electron chi connectivity index (χ4n) is 2.51. The molecule has 6 nitrogen and oxygen atoms in total. The molecule has 2 aromatic carbocycles. The van der Waals surface area contributed by atoms with Crippen LogP contribution in [0.2, 0.25) is 0 Å². The molecule has 0 heterocycles. The van der Waals surface area contributed by atoms with Crippen LogP contribution in [-0.4, -0.2) is 36.4 Å². The molecular formula is C18H21N3O3. The summed E-state index contributed by atoms with van der Waals surface area (Å²) < 4.78 is 0. The van der Waals surface area contributed by atoms with Gasteiger partial charge in [-0.05, 0) is 32.6 Å². The van der Waals surface area contributed by atoms with Crippen LogP contribution in [0.25, 0.3) is 0 Å². The maximum absolute atomic E-state index is 12.3. The van der Waals surface area contributed by atoms with Crippen molar-refractivity contribution in [3.63, 3.8) is 0 Å². The van der Waals surface area contributed by atoms with Crippen LogP contribution in [0, 0.1) is 17.0 Å². The summed E-state index contributed by atoms with van der Waals surface area (Å²) in [5, 5.41) is 13.9. The molecule has 0 spiro atoms. The van der Waals surface area contributed by atoms with Crippen LogP contribution in [0.1, 0.15) is 27.5 Å². The molecule has 0 aliphatic heterocycles. The molecule has 0 saturated heterocycles. The zero-order valence-electron chi connectivity index (χ0n) is 14.0. The highest BCUT2D eigenvalue weighted by Gasteiger charge is 2.18.